The summed E-state index contributed by atoms with van der Waals surface area (Å²) >= 11 is 0. The van der Waals surface area contributed by atoms with Crippen molar-refractivity contribution in [1.82, 2.24) is 0 Å². The molecule has 0 heterocycles. The summed E-state index contributed by atoms with van der Waals surface area (Å²) in [5, 5.41) is 11.9. The third-order valence-corrected chi connectivity index (χ3v) is 2.32. The number of ether oxygens (including phenoxy) is 1. The fraction of sp³-hybridized carbons (Fsp3) is 0.385. The number of hydrogen-bond acceptors (Lipinski definition) is 4. The van der Waals surface area contributed by atoms with Crippen LogP contribution in [-0.4, -0.2) is 19.1 Å². The maximum Gasteiger partial charge on any atom is 0.307 e. The van der Waals surface area contributed by atoms with Gasteiger partial charge in [-0.3, -0.25) is 4.79 Å². The van der Waals surface area contributed by atoms with Crippen LogP contribution in [0.4, 0.5) is 5.69 Å². The van der Waals surface area contributed by atoms with E-state index in [1.54, 1.807) is 19.1 Å². The quantitative estimate of drug-likeness (QED) is 0.791. The molecular weight excluding hydrogens is 216 g/mol. The highest BCUT2D eigenvalue weighted by molar-refractivity contribution is 5.70. The molecule has 0 amide bonds. The van der Waals surface area contributed by atoms with Gasteiger partial charge in [0, 0.05) is 12.2 Å². The second kappa shape index (κ2) is 6.54. The van der Waals surface area contributed by atoms with E-state index < -0.39 is 0 Å². The molecule has 0 aromatic heterocycles. The smallest absolute Gasteiger partial charge is 0.307 e. The van der Waals surface area contributed by atoms with E-state index in [1.165, 1.54) is 0 Å². The van der Waals surface area contributed by atoms with Crippen molar-refractivity contribution in [3.05, 3.63) is 29.3 Å². The zero-order chi connectivity index (χ0) is 12.7. The van der Waals surface area contributed by atoms with Crippen molar-refractivity contribution in [3.63, 3.8) is 0 Å². The minimum Gasteiger partial charge on any atom is -0.466 e. The molecule has 1 rings (SSSR count). The molecule has 4 heteroatoms. The number of hydrogen-bond donors (Lipinski definition) is 1. The van der Waals surface area contributed by atoms with Crippen molar-refractivity contribution < 1.29 is 9.53 Å². The first-order valence-corrected chi connectivity index (χ1v) is 5.57. The monoisotopic (exact) mass is 232 g/mol. The van der Waals surface area contributed by atoms with Crippen molar-refractivity contribution >= 4 is 11.7 Å². The SMILES string of the molecule is CCOC(=O)CCNc1cc(C#N)ccc1C. The predicted octanol–water partition coefficient (Wildman–Crippen LogP) is 2.23. The Labute approximate surface area is 101 Å². The van der Waals surface area contributed by atoms with Crippen LogP contribution in [0, 0.1) is 18.3 Å². The highest BCUT2D eigenvalue weighted by Crippen LogP contribution is 2.16. The Morgan fingerprint density at radius 1 is 1.53 bits per heavy atom. The number of carbonyl (C=O) groups excluding carboxylic acids is 1. The standard InChI is InChI=1S/C13H16N2O2/c1-3-17-13(16)6-7-15-12-8-11(9-14)5-4-10(12)2/h4-5,8,15H,3,6-7H2,1-2H3. The minimum atomic E-state index is -0.214. The topological polar surface area (TPSA) is 62.1 Å². The van der Waals surface area contributed by atoms with Gasteiger partial charge in [0.05, 0.1) is 24.7 Å². The van der Waals surface area contributed by atoms with Gasteiger partial charge in [-0.15, -0.1) is 0 Å². The number of nitriles is 1. The maximum atomic E-state index is 11.1. The number of nitrogens with zero attached hydrogens (tertiary/aromatic N) is 1. The molecule has 90 valence electrons. The summed E-state index contributed by atoms with van der Waals surface area (Å²) in [4.78, 5) is 11.1. The van der Waals surface area contributed by atoms with Crippen LogP contribution in [0.5, 0.6) is 0 Å². The molecule has 4 nitrogen and oxygen atoms in total. The number of esters is 1. The summed E-state index contributed by atoms with van der Waals surface area (Å²) in [6.07, 6.45) is 0.323. The third kappa shape index (κ3) is 4.15. The van der Waals surface area contributed by atoms with Gasteiger partial charge in [-0.05, 0) is 31.5 Å². The molecule has 1 aromatic carbocycles. The van der Waals surface area contributed by atoms with E-state index >= 15 is 0 Å². The molecule has 0 radical (unpaired) electrons. The molecule has 1 aromatic rings. The van der Waals surface area contributed by atoms with E-state index in [0.29, 0.717) is 25.1 Å². The summed E-state index contributed by atoms with van der Waals surface area (Å²) in [6.45, 7) is 4.65. The van der Waals surface area contributed by atoms with Crippen LogP contribution in [0.3, 0.4) is 0 Å². The van der Waals surface area contributed by atoms with E-state index in [-0.39, 0.29) is 5.97 Å². The van der Waals surface area contributed by atoms with E-state index in [1.807, 2.05) is 13.0 Å². The van der Waals surface area contributed by atoms with Crippen molar-refractivity contribution in [3.8, 4) is 6.07 Å². The Bertz CT molecular complexity index is 436. The van der Waals surface area contributed by atoms with Gasteiger partial charge in [-0.25, -0.2) is 0 Å². The lowest BCUT2D eigenvalue weighted by Gasteiger charge is -2.09. The van der Waals surface area contributed by atoms with Crippen molar-refractivity contribution in [1.29, 1.82) is 5.26 Å². The fourth-order valence-corrected chi connectivity index (χ4v) is 1.41. The van der Waals surface area contributed by atoms with E-state index in [4.69, 9.17) is 10.00 Å². The zero-order valence-corrected chi connectivity index (χ0v) is 10.1. The lowest BCUT2D eigenvalue weighted by Crippen LogP contribution is -2.11. The highest BCUT2D eigenvalue weighted by atomic mass is 16.5. The number of nitrogens with one attached hydrogen (secondary N) is 1. The third-order valence-electron chi connectivity index (χ3n) is 2.32. The summed E-state index contributed by atoms with van der Waals surface area (Å²) in [5.74, 6) is -0.214. The lowest BCUT2D eigenvalue weighted by atomic mass is 10.1. The molecule has 0 saturated carbocycles. The molecular formula is C13H16N2O2. The van der Waals surface area contributed by atoms with Gasteiger partial charge >= 0.3 is 5.97 Å². The first kappa shape index (κ1) is 13.0. The van der Waals surface area contributed by atoms with Crippen LogP contribution in [0.15, 0.2) is 18.2 Å². The molecule has 0 aliphatic heterocycles. The Balaban J connectivity index is 2.52. The van der Waals surface area contributed by atoms with Crippen LogP contribution < -0.4 is 5.32 Å². The van der Waals surface area contributed by atoms with Crippen LogP contribution >= 0.6 is 0 Å². The van der Waals surface area contributed by atoms with Crippen LogP contribution in [0.25, 0.3) is 0 Å². The summed E-state index contributed by atoms with van der Waals surface area (Å²) in [6, 6.07) is 7.51. The zero-order valence-electron chi connectivity index (χ0n) is 10.1. The number of benzene rings is 1. The Morgan fingerprint density at radius 3 is 2.94 bits per heavy atom. The average Bonchev–Trinajstić information content (AvgIpc) is 2.32. The molecule has 0 saturated heterocycles. The molecule has 1 N–H and O–H groups in total. The second-order valence-corrected chi connectivity index (χ2v) is 3.62. The molecule has 0 unspecified atom stereocenters. The van der Waals surface area contributed by atoms with Gasteiger partial charge < -0.3 is 10.1 Å². The van der Waals surface area contributed by atoms with Crippen LogP contribution in [0.1, 0.15) is 24.5 Å². The first-order valence-electron chi connectivity index (χ1n) is 5.57. The summed E-state index contributed by atoms with van der Waals surface area (Å²) in [5.41, 5.74) is 2.54. The molecule has 0 bridgehead atoms. The number of aryl methyl sites for hydroxylation is 1. The lowest BCUT2D eigenvalue weighted by molar-refractivity contribution is -0.142. The minimum absolute atomic E-state index is 0.214. The van der Waals surface area contributed by atoms with Gasteiger partial charge in [0.15, 0.2) is 0 Å². The maximum absolute atomic E-state index is 11.1. The average molecular weight is 232 g/mol. The predicted molar refractivity (Wildman–Crippen MR) is 65.6 cm³/mol. The Hall–Kier alpha value is -2.02. The van der Waals surface area contributed by atoms with Gasteiger partial charge in [-0.2, -0.15) is 5.26 Å². The van der Waals surface area contributed by atoms with Crippen molar-refractivity contribution in [2.24, 2.45) is 0 Å². The van der Waals surface area contributed by atoms with Crippen molar-refractivity contribution in [2.75, 3.05) is 18.5 Å². The molecule has 0 atom stereocenters. The van der Waals surface area contributed by atoms with Crippen molar-refractivity contribution in [2.45, 2.75) is 20.3 Å². The first-order chi connectivity index (χ1) is 8.17. The van der Waals surface area contributed by atoms with Gasteiger partial charge in [0.2, 0.25) is 0 Å². The molecule has 0 spiro atoms. The van der Waals surface area contributed by atoms with Gasteiger partial charge in [0.25, 0.3) is 0 Å². The summed E-state index contributed by atoms with van der Waals surface area (Å²) in [7, 11) is 0. The molecule has 0 fully saturated rings. The van der Waals surface area contributed by atoms with E-state index in [9.17, 15) is 4.79 Å². The molecule has 0 aliphatic rings. The van der Waals surface area contributed by atoms with Gasteiger partial charge in [-0.1, -0.05) is 6.07 Å². The van der Waals surface area contributed by atoms with Crippen LogP contribution in [-0.2, 0) is 9.53 Å². The summed E-state index contributed by atoms with van der Waals surface area (Å²) < 4.78 is 4.82. The highest BCUT2D eigenvalue weighted by Gasteiger charge is 2.03. The molecule has 17 heavy (non-hydrogen) atoms. The Kier molecular flexibility index (Phi) is 5.02. The van der Waals surface area contributed by atoms with E-state index in [0.717, 1.165) is 11.3 Å². The molecule has 0 aliphatic carbocycles. The Morgan fingerprint density at radius 2 is 2.29 bits per heavy atom. The fourth-order valence-electron chi connectivity index (χ4n) is 1.41. The largest absolute Gasteiger partial charge is 0.466 e. The van der Waals surface area contributed by atoms with Crippen LogP contribution in [0.2, 0.25) is 0 Å². The van der Waals surface area contributed by atoms with E-state index in [2.05, 4.69) is 11.4 Å². The second-order valence-electron chi connectivity index (χ2n) is 3.62. The number of anilines is 1. The van der Waals surface area contributed by atoms with Gasteiger partial charge in [0.1, 0.15) is 0 Å². The normalized spacial score (nSPS) is 9.47. The number of carbonyl (C=O) groups is 1. The number of rotatable bonds is 5.